The molecule has 1 heterocycles. The van der Waals surface area contributed by atoms with Gasteiger partial charge < -0.3 is 5.11 Å². The molecule has 0 saturated carbocycles. The second-order valence-electron chi connectivity index (χ2n) is 3.04. The molecule has 0 fully saturated rings. The Morgan fingerprint density at radius 3 is 2.80 bits per heavy atom. The highest BCUT2D eigenvalue weighted by molar-refractivity contribution is 14.1. The van der Waals surface area contributed by atoms with Gasteiger partial charge in [0.15, 0.2) is 0 Å². The summed E-state index contributed by atoms with van der Waals surface area (Å²) in [4.78, 5) is 0. The van der Waals surface area contributed by atoms with Gasteiger partial charge in [0.05, 0.1) is 22.1 Å². The minimum absolute atomic E-state index is 0.0459. The summed E-state index contributed by atoms with van der Waals surface area (Å²) >= 11 is 8.18. The van der Waals surface area contributed by atoms with Crippen LogP contribution in [-0.4, -0.2) is 14.9 Å². The van der Waals surface area contributed by atoms with Crippen LogP contribution in [-0.2, 0) is 6.61 Å². The zero-order valence-corrected chi connectivity index (χ0v) is 10.6. The van der Waals surface area contributed by atoms with E-state index in [1.807, 2.05) is 12.3 Å². The van der Waals surface area contributed by atoms with Crippen LogP contribution < -0.4 is 0 Å². The Labute approximate surface area is 106 Å². The van der Waals surface area contributed by atoms with Gasteiger partial charge in [0, 0.05) is 11.2 Å². The molecule has 15 heavy (non-hydrogen) atoms. The zero-order valence-electron chi connectivity index (χ0n) is 7.69. The lowest BCUT2D eigenvalue weighted by molar-refractivity contribution is 0.282. The number of hydrogen-bond donors (Lipinski definition) is 1. The second kappa shape index (κ2) is 4.51. The number of hydrogen-bond acceptors (Lipinski definition) is 2. The van der Waals surface area contributed by atoms with Gasteiger partial charge in [-0.15, -0.1) is 0 Å². The standard InChI is InChI=1S/C10H8ClIN2O/c11-10-3-9(2-1-7(10)6-15)14-5-8(12)4-13-14/h1-5,15H,6H2. The Morgan fingerprint density at radius 1 is 1.47 bits per heavy atom. The molecule has 0 atom stereocenters. The first kappa shape index (κ1) is 10.9. The SMILES string of the molecule is OCc1ccc(-n2cc(I)cn2)cc1Cl. The fraction of sp³-hybridized carbons (Fsp3) is 0.100. The number of aromatic nitrogens is 2. The van der Waals surface area contributed by atoms with Crippen molar-refractivity contribution in [1.29, 1.82) is 0 Å². The average molecular weight is 335 g/mol. The van der Waals surface area contributed by atoms with Crippen LogP contribution in [0.15, 0.2) is 30.6 Å². The van der Waals surface area contributed by atoms with Crippen LogP contribution in [0, 0.1) is 3.57 Å². The van der Waals surface area contributed by atoms with Crippen LogP contribution in [0.1, 0.15) is 5.56 Å². The lowest BCUT2D eigenvalue weighted by Gasteiger charge is -2.04. The highest BCUT2D eigenvalue weighted by Crippen LogP contribution is 2.20. The van der Waals surface area contributed by atoms with E-state index in [-0.39, 0.29) is 6.61 Å². The van der Waals surface area contributed by atoms with E-state index in [2.05, 4.69) is 27.7 Å². The monoisotopic (exact) mass is 334 g/mol. The Kier molecular flexibility index (Phi) is 3.28. The molecule has 78 valence electrons. The Balaban J connectivity index is 2.42. The molecular weight excluding hydrogens is 326 g/mol. The molecule has 2 rings (SSSR count). The molecule has 0 spiro atoms. The third-order valence-corrected chi connectivity index (χ3v) is 2.93. The largest absolute Gasteiger partial charge is 0.392 e. The molecule has 0 amide bonds. The van der Waals surface area contributed by atoms with E-state index in [1.54, 1.807) is 23.0 Å². The summed E-state index contributed by atoms with van der Waals surface area (Å²) in [7, 11) is 0. The number of aliphatic hydroxyl groups excluding tert-OH is 1. The molecule has 2 aromatic rings. The molecule has 0 radical (unpaired) electrons. The van der Waals surface area contributed by atoms with E-state index in [4.69, 9.17) is 16.7 Å². The number of rotatable bonds is 2. The van der Waals surface area contributed by atoms with Crippen LogP contribution >= 0.6 is 34.2 Å². The summed E-state index contributed by atoms with van der Waals surface area (Å²) < 4.78 is 2.81. The van der Waals surface area contributed by atoms with Gasteiger partial charge in [0.25, 0.3) is 0 Å². The third kappa shape index (κ3) is 2.32. The maximum Gasteiger partial charge on any atom is 0.0696 e. The van der Waals surface area contributed by atoms with Crippen molar-refractivity contribution in [1.82, 2.24) is 9.78 Å². The quantitative estimate of drug-likeness (QED) is 0.858. The van der Waals surface area contributed by atoms with Gasteiger partial charge in [-0.2, -0.15) is 5.10 Å². The predicted octanol–water partition coefficient (Wildman–Crippen LogP) is 2.62. The Bertz CT molecular complexity index is 484. The molecule has 1 N–H and O–H groups in total. The summed E-state index contributed by atoms with van der Waals surface area (Å²) in [6.07, 6.45) is 3.68. The summed E-state index contributed by atoms with van der Waals surface area (Å²) in [5, 5.41) is 13.7. The molecule has 0 unspecified atom stereocenters. The highest BCUT2D eigenvalue weighted by atomic mass is 127. The molecule has 0 aliphatic carbocycles. The minimum Gasteiger partial charge on any atom is -0.392 e. The lowest BCUT2D eigenvalue weighted by atomic mass is 10.2. The van der Waals surface area contributed by atoms with Crippen molar-refractivity contribution in [2.24, 2.45) is 0 Å². The maximum atomic E-state index is 8.98. The number of benzene rings is 1. The summed E-state index contributed by atoms with van der Waals surface area (Å²) in [6, 6.07) is 5.46. The lowest BCUT2D eigenvalue weighted by Crippen LogP contribution is -1.95. The second-order valence-corrected chi connectivity index (χ2v) is 4.69. The van der Waals surface area contributed by atoms with Crippen molar-refractivity contribution < 1.29 is 5.11 Å². The highest BCUT2D eigenvalue weighted by Gasteiger charge is 2.03. The van der Waals surface area contributed by atoms with Gasteiger partial charge in [-0.05, 0) is 40.3 Å². The minimum atomic E-state index is -0.0459. The van der Waals surface area contributed by atoms with E-state index < -0.39 is 0 Å². The van der Waals surface area contributed by atoms with Gasteiger partial charge in [-0.3, -0.25) is 0 Å². The molecule has 0 aliphatic rings. The average Bonchev–Trinajstić information content (AvgIpc) is 2.65. The van der Waals surface area contributed by atoms with E-state index in [0.29, 0.717) is 5.02 Å². The molecule has 1 aromatic carbocycles. The first-order chi connectivity index (χ1) is 7.20. The van der Waals surface area contributed by atoms with E-state index in [1.165, 1.54) is 0 Å². The van der Waals surface area contributed by atoms with Gasteiger partial charge in [0.1, 0.15) is 0 Å². The van der Waals surface area contributed by atoms with Crippen LogP contribution in [0.3, 0.4) is 0 Å². The van der Waals surface area contributed by atoms with E-state index in [0.717, 1.165) is 14.8 Å². The van der Waals surface area contributed by atoms with Crippen LogP contribution in [0.4, 0.5) is 0 Å². The van der Waals surface area contributed by atoms with Crippen molar-refractivity contribution in [3.8, 4) is 5.69 Å². The number of aliphatic hydroxyl groups is 1. The fourth-order valence-electron chi connectivity index (χ4n) is 1.25. The van der Waals surface area contributed by atoms with Crippen LogP contribution in [0.25, 0.3) is 5.69 Å². The molecule has 5 heteroatoms. The number of halogens is 2. The van der Waals surface area contributed by atoms with Crippen molar-refractivity contribution >= 4 is 34.2 Å². The van der Waals surface area contributed by atoms with Crippen molar-refractivity contribution in [2.45, 2.75) is 6.61 Å². The summed E-state index contributed by atoms with van der Waals surface area (Å²) in [5.41, 5.74) is 1.61. The smallest absolute Gasteiger partial charge is 0.0696 e. The van der Waals surface area contributed by atoms with Crippen molar-refractivity contribution in [3.05, 3.63) is 44.7 Å². The van der Waals surface area contributed by atoms with E-state index in [9.17, 15) is 0 Å². The number of nitrogens with zero attached hydrogens (tertiary/aromatic N) is 2. The maximum absolute atomic E-state index is 8.98. The first-order valence-electron chi connectivity index (χ1n) is 4.30. The van der Waals surface area contributed by atoms with E-state index >= 15 is 0 Å². The third-order valence-electron chi connectivity index (χ3n) is 2.02. The predicted molar refractivity (Wildman–Crippen MR) is 67.2 cm³/mol. The molecule has 0 bridgehead atoms. The topological polar surface area (TPSA) is 38.0 Å². The Morgan fingerprint density at radius 2 is 2.27 bits per heavy atom. The van der Waals surface area contributed by atoms with Gasteiger partial charge in [0.2, 0.25) is 0 Å². The van der Waals surface area contributed by atoms with Crippen molar-refractivity contribution in [2.75, 3.05) is 0 Å². The normalized spacial score (nSPS) is 10.6. The molecule has 1 aromatic heterocycles. The Hall–Kier alpha value is -0.590. The van der Waals surface area contributed by atoms with Crippen molar-refractivity contribution in [3.63, 3.8) is 0 Å². The van der Waals surface area contributed by atoms with Gasteiger partial charge in [-0.1, -0.05) is 17.7 Å². The van der Waals surface area contributed by atoms with Gasteiger partial charge >= 0.3 is 0 Å². The molecule has 0 saturated heterocycles. The van der Waals surface area contributed by atoms with Crippen LogP contribution in [0.5, 0.6) is 0 Å². The first-order valence-corrected chi connectivity index (χ1v) is 5.76. The van der Waals surface area contributed by atoms with Crippen LogP contribution in [0.2, 0.25) is 5.02 Å². The summed E-state index contributed by atoms with van der Waals surface area (Å²) in [5.74, 6) is 0. The molecular formula is C10H8ClIN2O. The van der Waals surface area contributed by atoms with Gasteiger partial charge in [-0.25, -0.2) is 4.68 Å². The fourth-order valence-corrected chi connectivity index (χ4v) is 1.87. The molecule has 0 aliphatic heterocycles. The zero-order chi connectivity index (χ0) is 10.8. The summed E-state index contributed by atoms with van der Waals surface area (Å²) in [6.45, 7) is -0.0459. The molecule has 3 nitrogen and oxygen atoms in total.